The van der Waals surface area contributed by atoms with Gasteiger partial charge in [-0.1, -0.05) is 25.5 Å². The van der Waals surface area contributed by atoms with E-state index in [4.69, 9.17) is 4.74 Å². The van der Waals surface area contributed by atoms with Crippen LogP contribution in [0.2, 0.25) is 0 Å². The largest absolute Gasteiger partial charge is 0.465 e. The van der Waals surface area contributed by atoms with Crippen LogP contribution in [0.1, 0.15) is 62.9 Å². The van der Waals surface area contributed by atoms with Crippen molar-refractivity contribution in [2.75, 3.05) is 6.61 Å². The molecule has 0 radical (unpaired) electrons. The fourth-order valence-electron chi connectivity index (χ4n) is 4.19. The van der Waals surface area contributed by atoms with Crippen LogP contribution in [0, 0.1) is 5.82 Å². The molecule has 8 nitrogen and oxygen atoms in total. The normalized spacial score (nSPS) is 13.8. The Hall–Kier alpha value is -4.01. The van der Waals surface area contributed by atoms with Crippen LogP contribution in [0.4, 0.5) is 4.39 Å². The van der Waals surface area contributed by atoms with Gasteiger partial charge in [0.05, 0.1) is 36.4 Å². The van der Waals surface area contributed by atoms with Gasteiger partial charge < -0.3 is 10.1 Å². The molecule has 0 fully saturated rings. The van der Waals surface area contributed by atoms with E-state index in [1.807, 2.05) is 13.0 Å². The minimum absolute atomic E-state index is 0.0147. The molecule has 1 aliphatic carbocycles. The molecule has 188 valence electrons. The van der Waals surface area contributed by atoms with E-state index in [2.05, 4.69) is 28.5 Å². The number of allylic oxidation sites excluding steroid dienone is 2. The number of hydrogen-bond donors (Lipinski definition) is 1. The molecule has 1 unspecified atom stereocenters. The lowest BCUT2D eigenvalue weighted by molar-refractivity contribution is -0.144. The van der Waals surface area contributed by atoms with Crippen molar-refractivity contribution in [1.29, 1.82) is 0 Å². The van der Waals surface area contributed by atoms with E-state index in [0.717, 1.165) is 23.3 Å². The predicted molar refractivity (Wildman–Crippen MR) is 134 cm³/mol. The monoisotopic (exact) mass is 491 g/mol. The number of nitrogens with one attached hydrogen (secondary N) is 1. The Labute approximate surface area is 209 Å². The number of ether oxygens (including phenoxy) is 1. The molecule has 0 bridgehead atoms. The minimum atomic E-state index is -0.363. The lowest BCUT2D eigenvalue weighted by Gasteiger charge is -2.17. The number of fused-ring (bicyclic) bond motifs is 1. The Morgan fingerprint density at radius 2 is 1.92 bits per heavy atom. The molecule has 1 N–H and O–H groups in total. The summed E-state index contributed by atoms with van der Waals surface area (Å²) in [6.07, 6.45) is 11.2. The average molecular weight is 492 g/mol. The third kappa shape index (κ3) is 5.45. The second kappa shape index (κ2) is 11.2. The van der Waals surface area contributed by atoms with Crippen molar-refractivity contribution in [3.63, 3.8) is 0 Å². The third-order valence-electron chi connectivity index (χ3n) is 6.14. The van der Waals surface area contributed by atoms with Crippen LogP contribution < -0.4 is 5.32 Å². The predicted octanol–water partition coefficient (Wildman–Crippen LogP) is 4.62. The molecule has 0 saturated carbocycles. The average Bonchev–Trinajstić information content (AvgIpc) is 3.45. The highest BCUT2D eigenvalue weighted by molar-refractivity contribution is 6.20. The van der Waals surface area contributed by atoms with Gasteiger partial charge in [0, 0.05) is 22.9 Å². The summed E-state index contributed by atoms with van der Waals surface area (Å²) < 4.78 is 21.7. The number of aromatic nitrogens is 4. The first-order valence-electron chi connectivity index (χ1n) is 12.2. The summed E-state index contributed by atoms with van der Waals surface area (Å²) in [7, 11) is 0. The SMILES string of the molecule is CCOC(=O)Cn1cc(C(CC)NC(=O)C2=CCC(CC)=Cc3c2cnn3-c2ccc(F)cc2)cn1. The number of esters is 1. The highest BCUT2D eigenvalue weighted by Gasteiger charge is 2.24. The molecule has 1 atom stereocenters. The summed E-state index contributed by atoms with van der Waals surface area (Å²) in [6, 6.07) is 5.82. The number of nitrogens with zero attached hydrogens (tertiary/aromatic N) is 4. The molecule has 1 aromatic carbocycles. The maximum absolute atomic E-state index is 13.5. The Kier molecular flexibility index (Phi) is 7.77. The minimum Gasteiger partial charge on any atom is -0.465 e. The smallest absolute Gasteiger partial charge is 0.327 e. The summed E-state index contributed by atoms with van der Waals surface area (Å²) in [5, 5.41) is 11.9. The van der Waals surface area contributed by atoms with Gasteiger partial charge in [0.1, 0.15) is 12.4 Å². The molecule has 2 aromatic heterocycles. The van der Waals surface area contributed by atoms with E-state index >= 15 is 0 Å². The van der Waals surface area contributed by atoms with Gasteiger partial charge in [-0.05, 0) is 56.5 Å². The molecule has 0 spiro atoms. The first-order valence-corrected chi connectivity index (χ1v) is 12.2. The Balaban J connectivity index is 1.59. The molecule has 0 saturated heterocycles. The van der Waals surface area contributed by atoms with E-state index in [1.54, 1.807) is 42.3 Å². The number of benzene rings is 1. The van der Waals surface area contributed by atoms with Crippen LogP contribution >= 0.6 is 0 Å². The van der Waals surface area contributed by atoms with Gasteiger partial charge in [0.25, 0.3) is 5.91 Å². The van der Waals surface area contributed by atoms with Gasteiger partial charge in [-0.25, -0.2) is 9.07 Å². The lowest BCUT2D eigenvalue weighted by atomic mass is 10.0. The standard InChI is InChI=1S/C27H30FN5O3/c1-4-18-7-12-22(23-15-30-33(25(23)13-18)21-10-8-20(28)9-11-21)27(35)31-24(5-2)19-14-29-32(16-19)17-26(34)36-6-3/h8-16,24H,4-7,17H2,1-3H3,(H,31,35). The molecule has 0 aliphatic heterocycles. The zero-order valence-electron chi connectivity index (χ0n) is 20.7. The van der Waals surface area contributed by atoms with Crippen molar-refractivity contribution in [1.82, 2.24) is 24.9 Å². The Morgan fingerprint density at radius 1 is 1.14 bits per heavy atom. The van der Waals surface area contributed by atoms with Crippen LogP contribution in [0.3, 0.4) is 0 Å². The van der Waals surface area contributed by atoms with E-state index < -0.39 is 0 Å². The van der Waals surface area contributed by atoms with Crippen LogP contribution in [0.15, 0.2) is 54.5 Å². The topological polar surface area (TPSA) is 91.0 Å². The van der Waals surface area contributed by atoms with Gasteiger partial charge in [0.15, 0.2) is 0 Å². The van der Waals surface area contributed by atoms with Crippen molar-refractivity contribution in [3.05, 3.63) is 77.1 Å². The highest BCUT2D eigenvalue weighted by Crippen LogP contribution is 2.31. The Bertz CT molecular complexity index is 1300. The highest BCUT2D eigenvalue weighted by atomic mass is 19.1. The van der Waals surface area contributed by atoms with E-state index in [-0.39, 0.29) is 30.3 Å². The van der Waals surface area contributed by atoms with Gasteiger partial charge in [-0.3, -0.25) is 14.3 Å². The molecule has 9 heteroatoms. The van der Waals surface area contributed by atoms with Gasteiger partial charge >= 0.3 is 5.97 Å². The summed E-state index contributed by atoms with van der Waals surface area (Å²) in [5.74, 6) is -0.902. The Morgan fingerprint density at radius 3 is 2.61 bits per heavy atom. The van der Waals surface area contributed by atoms with Gasteiger partial charge in [-0.2, -0.15) is 10.2 Å². The molecular formula is C27H30FN5O3. The van der Waals surface area contributed by atoms with Crippen LogP contribution in [0.5, 0.6) is 0 Å². The molecule has 36 heavy (non-hydrogen) atoms. The maximum Gasteiger partial charge on any atom is 0.327 e. The number of hydrogen-bond acceptors (Lipinski definition) is 5. The molecular weight excluding hydrogens is 461 g/mol. The molecule has 4 rings (SSSR count). The van der Waals surface area contributed by atoms with Crippen LogP contribution in [0.25, 0.3) is 17.3 Å². The molecule has 1 amide bonds. The van der Waals surface area contributed by atoms with Crippen molar-refractivity contribution in [2.24, 2.45) is 0 Å². The maximum atomic E-state index is 13.5. The van der Waals surface area contributed by atoms with Crippen molar-refractivity contribution >= 4 is 23.5 Å². The van der Waals surface area contributed by atoms with E-state index in [0.29, 0.717) is 36.3 Å². The van der Waals surface area contributed by atoms with Crippen molar-refractivity contribution < 1.29 is 18.7 Å². The first kappa shape index (κ1) is 25.1. The number of carbonyl (C=O) groups is 2. The fourth-order valence-corrected chi connectivity index (χ4v) is 4.19. The third-order valence-corrected chi connectivity index (χ3v) is 6.14. The summed E-state index contributed by atoms with van der Waals surface area (Å²) in [6.45, 7) is 6.13. The molecule has 1 aliphatic rings. The second-order valence-electron chi connectivity index (χ2n) is 8.52. The zero-order chi connectivity index (χ0) is 25.7. The van der Waals surface area contributed by atoms with Gasteiger partial charge in [0.2, 0.25) is 0 Å². The van der Waals surface area contributed by atoms with E-state index in [9.17, 15) is 14.0 Å². The number of amides is 1. The summed E-state index contributed by atoms with van der Waals surface area (Å²) in [4.78, 5) is 25.3. The molecule has 2 heterocycles. The summed E-state index contributed by atoms with van der Waals surface area (Å²) in [5.41, 5.74) is 4.72. The van der Waals surface area contributed by atoms with Crippen LogP contribution in [-0.2, 0) is 20.9 Å². The number of halogens is 1. The summed E-state index contributed by atoms with van der Waals surface area (Å²) >= 11 is 0. The van der Waals surface area contributed by atoms with Crippen LogP contribution in [-0.4, -0.2) is 38.0 Å². The van der Waals surface area contributed by atoms with Crippen molar-refractivity contribution in [3.8, 4) is 5.69 Å². The van der Waals surface area contributed by atoms with E-state index in [1.165, 1.54) is 16.8 Å². The van der Waals surface area contributed by atoms with Crippen molar-refractivity contribution in [2.45, 2.75) is 52.6 Å². The first-order chi connectivity index (χ1) is 17.4. The second-order valence-corrected chi connectivity index (χ2v) is 8.52. The number of carbonyl (C=O) groups excluding carboxylic acids is 2. The lowest BCUT2D eigenvalue weighted by Crippen LogP contribution is -2.29. The quantitative estimate of drug-likeness (QED) is 0.441. The van der Waals surface area contributed by atoms with Gasteiger partial charge in [-0.15, -0.1) is 0 Å². The molecule has 3 aromatic rings. The fraction of sp³-hybridized carbons (Fsp3) is 0.333. The number of rotatable bonds is 9. The zero-order valence-corrected chi connectivity index (χ0v) is 20.7.